The van der Waals surface area contributed by atoms with Crippen LogP contribution < -0.4 is 5.69 Å². The molecule has 1 unspecified atom stereocenters. The van der Waals surface area contributed by atoms with Crippen LogP contribution in [0.4, 0.5) is 0 Å². The number of carboxylic acid groups (broad SMARTS) is 1. The van der Waals surface area contributed by atoms with Crippen molar-refractivity contribution in [2.75, 3.05) is 19.6 Å². The Morgan fingerprint density at radius 2 is 2.24 bits per heavy atom. The first-order chi connectivity index (χ1) is 10.0. The maximum Gasteiger partial charge on any atom is 0.350 e. The number of pyridine rings is 1. The molecule has 0 aromatic carbocycles. The molecule has 1 N–H and O–H groups in total. The summed E-state index contributed by atoms with van der Waals surface area (Å²) in [6.45, 7) is 5.90. The quantitative estimate of drug-likeness (QED) is 0.805. The molecule has 0 spiro atoms. The Balaban J connectivity index is 2.04. The van der Waals surface area contributed by atoms with E-state index < -0.39 is 11.9 Å². The van der Waals surface area contributed by atoms with Crippen molar-refractivity contribution in [2.24, 2.45) is 5.92 Å². The summed E-state index contributed by atoms with van der Waals surface area (Å²) >= 11 is 0. The SMILES string of the molecule is CCN(CCn1nc2ccccn2c1=O)CC(C)C(=O)O. The molecule has 2 rings (SSSR count). The van der Waals surface area contributed by atoms with Crippen LogP contribution in [-0.2, 0) is 11.3 Å². The molecule has 0 fully saturated rings. The van der Waals surface area contributed by atoms with Crippen molar-refractivity contribution >= 4 is 11.6 Å². The number of hydrogen-bond acceptors (Lipinski definition) is 4. The van der Waals surface area contributed by atoms with Crippen LogP contribution in [0.15, 0.2) is 29.2 Å². The molecule has 0 aliphatic heterocycles. The van der Waals surface area contributed by atoms with E-state index >= 15 is 0 Å². The standard InChI is InChI=1S/C14H20N4O3/c1-3-16(10-11(2)13(19)20)8-9-18-14(21)17-7-5-4-6-12(17)15-18/h4-7,11H,3,8-10H2,1-2H3,(H,19,20). The van der Waals surface area contributed by atoms with Crippen LogP contribution in [0, 0.1) is 5.92 Å². The Kier molecular flexibility index (Phi) is 4.74. The third-order valence-corrected chi connectivity index (χ3v) is 3.52. The first kappa shape index (κ1) is 15.2. The lowest BCUT2D eigenvalue weighted by molar-refractivity contribution is -0.141. The van der Waals surface area contributed by atoms with E-state index in [0.717, 1.165) is 6.54 Å². The number of aliphatic carboxylic acids is 1. The third-order valence-electron chi connectivity index (χ3n) is 3.52. The molecular weight excluding hydrogens is 272 g/mol. The fourth-order valence-corrected chi connectivity index (χ4v) is 2.19. The number of aromatic nitrogens is 3. The van der Waals surface area contributed by atoms with Crippen LogP contribution >= 0.6 is 0 Å². The highest BCUT2D eigenvalue weighted by atomic mass is 16.4. The van der Waals surface area contributed by atoms with E-state index in [2.05, 4.69) is 5.10 Å². The Morgan fingerprint density at radius 3 is 2.86 bits per heavy atom. The van der Waals surface area contributed by atoms with E-state index in [4.69, 9.17) is 5.11 Å². The van der Waals surface area contributed by atoms with Gasteiger partial charge in [-0.3, -0.25) is 9.20 Å². The first-order valence-electron chi connectivity index (χ1n) is 7.02. The highest BCUT2D eigenvalue weighted by Gasteiger charge is 2.15. The van der Waals surface area contributed by atoms with E-state index in [9.17, 15) is 9.59 Å². The number of likely N-dealkylation sites (N-methyl/N-ethyl adjacent to an activating group) is 1. The maximum atomic E-state index is 12.1. The Hall–Kier alpha value is -2.15. The summed E-state index contributed by atoms with van der Waals surface area (Å²) in [5, 5.41) is 13.2. The molecule has 2 aromatic heterocycles. The zero-order chi connectivity index (χ0) is 15.4. The lowest BCUT2D eigenvalue weighted by atomic mass is 10.2. The minimum absolute atomic E-state index is 0.173. The van der Waals surface area contributed by atoms with Gasteiger partial charge in [-0.05, 0) is 18.7 Å². The van der Waals surface area contributed by atoms with Crippen LogP contribution in [0.3, 0.4) is 0 Å². The summed E-state index contributed by atoms with van der Waals surface area (Å²) in [7, 11) is 0. The van der Waals surface area contributed by atoms with Crippen molar-refractivity contribution in [3.63, 3.8) is 0 Å². The molecule has 0 amide bonds. The fourth-order valence-electron chi connectivity index (χ4n) is 2.19. The van der Waals surface area contributed by atoms with Gasteiger partial charge in [0.15, 0.2) is 5.65 Å². The molecule has 21 heavy (non-hydrogen) atoms. The Bertz CT molecular complexity index is 676. The molecule has 0 bridgehead atoms. The topological polar surface area (TPSA) is 79.8 Å². The second kappa shape index (κ2) is 6.53. The van der Waals surface area contributed by atoms with Crippen molar-refractivity contribution in [3.05, 3.63) is 34.9 Å². The van der Waals surface area contributed by atoms with E-state index in [1.54, 1.807) is 25.3 Å². The highest BCUT2D eigenvalue weighted by Crippen LogP contribution is 2.01. The zero-order valence-electron chi connectivity index (χ0n) is 12.3. The lowest BCUT2D eigenvalue weighted by Crippen LogP contribution is -2.36. The van der Waals surface area contributed by atoms with Crippen molar-refractivity contribution in [1.82, 2.24) is 19.1 Å². The third kappa shape index (κ3) is 3.49. The van der Waals surface area contributed by atoms with Crippen LogP contribution in [0.2, 0.25) is 0 Å². The lowest BCUT2D eigenvalue weighted by Gasteiger charge is -2.21. The van der Waals surface area contributed by atoms with E-state index in [1.165, 1.54) is 9.08 Å². The van der Waals surface area contributed by atoms with Gasteiger partial charge in [-0.15, -0.1) is 5.10 Å². The fraction of sp³-hybridized carbons (Fsp3) is 0.500. The minimum Gasteiger partial charge on any atom is -0.481 e. The van der Waals surface area contributed by atoms with E-state index in [-0.39, 0.29) is 5.69 Å². The Labute approximate surface area is 122 Å². The number of carboxylic acids is 1. The molecular formula is C14H20N4O3. The molecule has 2 aromatic rings. The van der Waals surface area contributed by atoms with Gasteiger partial charge in [0.25, 0.3) is 0 Å². The van der Waals surface area contributed by atoms with Crippen molar-refractivity contribution in [1.29, 1.82) is 0 Å². The average Bonchev–Trinajstić information content (AvgIpc) is 2.80. The normalized spacial score (nSPS) is 12.9. The first-order valence-corrected chi connectivity index (χ1v) is 7.02. The molecule has 0 saturated heterocycles. The number of carbonyl (C=O) groups is 1. The predicted molar refractivity (Wildman–Crippen MR) is 78.4 cm³/mol. The van der Waals surface area contributed by atoms with Gasteiger partial charge in [-0.25, -0.2) is 9.48 Å². The molecule has 1 atom stereocenters. The summed E-state index contributed by atoms with van der Waals surface area (Å²) in [5.74, 6) is -1.24. The molecule has 0 saturated carbocycles. The van der Waals surface area contributed by atoms with Crippen molar-refractivity contribution < 1.29 is 9.90 Å². The van der Waals surface area contributed by atoms with Gasteiger partial charge in [0.2, 0.25) is 0 Å². The second-order valence-corrected chi connectivity index (χ2v) is 5.07. The molecule has 114 valence electrons. The molecule has 0 aliphatic rings. The van der Waals surface area contributed by atoms with Crippen LogP contribution in [0.1, 0.15) is 13.8 Å². The van der Waals surface area contributed by atoms with Crippen LogP contribution in [0.25, 0.3) is 5.65 Å². The minimum atomic E-state index is -0.807. The van der Waals surface area contributed by atoms with E-state index in [0.29, 0.717) is 25.3 Å². The molecule has 2 heterocycles. The summed E-state index contributed by atoms with van der Waals surface area (Å²) in [5.41, 5.74) is 0.442. The molecule has 7 nitrogen and oxygen atoms in total. The van der Waals surface area contributed by atoms with Crippen LogP contribution in [-0.4, -0.2) is 49.8 Å². The number of hydrogen-bond donors (Lipinski definition) is 1. The van der Waals surface area contributed by atoms with Gasteiger partial charge in [-0.1, -0.05) is 19.9 Å². The summed E-state index contributed by atoms with van der Waals surface area (Å²) in [6.07, 6.45) is 1.69. The van der Waals surface area contributed by atoms with Gasteiger partial charge < -0.3 is 10.0 Å². The van der Waals surface area contributed by atoms with E-state index in [1.807, 2.05) is 17.9 Å². The van der Waals surface area contributed by atoms with Gasteiger partial charge in [0.1, 0.15) is 0 Å². The maximum absolute atomic E-state index is 12.1. The molecule has 0 radical (unpaired) electrons. The largest absolute Gasteiger partial charge is 0.481 e. The summed E-state index contributed by atoms with van der Waals surface area (Å²) in [6, 6.07) is 5.40. The number of fused-ring (bicyclic) bond motifs is 1. The predicted octanol–water partition coefficient (Wildman–Crippen LogP) is 0.539. The van der Waals surface area contributed by atoms with Gasteiger partial charge in [0, 0.05) is 19.3 Å². The highest BCUT2D eigenvalue weighted by molar-refractivity contribution is 5.69. The van der Waals surface area contributed by atoms with Crippen molar-refractivity contribution in [2.45, 2.75) is 20.4 Å². The molecule has 0 aliphatic carbocycles. The monoisotopic (exact) mass is 292 g/mol. The van der Waals surface area contributed by atoms with Crippen molar-refractivity contribution in [3.8, 4) is 0 Å². The number of nitrogens with zero attached hydrogens (tertiary/aromatic N) is 4. The zero-order valence-corrected chi connectivity index (χ0v) is 12.3. The summed E-state index contributed by atoms with van der Waals surface area (Å²) < 4.78 is 2.92. The molecule has 7 heteroatoms. The van der Waals surface area contributed by atoms with Gasteiger partial charge in [-0.2, -0.15) is 0 Å². The van der Waals surface area contributed by atoms with Crippen LogP contribution in [0.5, 0.6) is 0 Å². The summed E-state index contributed by atoms with van der Waals surface area (Å²) in [4.78, 5) is 25.0. The second-order valence-electron chi connectivity index (χ2n) is 5.07. The average molecular weight is 292 g/mol. The smallest absolute Gasteiger partial charge is 0.350 e. The Morgan fingerprint density at radius 1 is 1.48 bits per heavy atom. The van der Waals surface area contributed by atoms with Gasteiger partial charge in [0.05, 0.1) is 12.5 Å². The number of rotatable bonds is 7. The van der Waals surface area contributed by atoms with Gasteiger partial charge >= 0.3 is 11.7 Å².